The molecular formula is C10H19F3N2. The summed E-state index contributed by atoms with van der Waals surface area (Å²) in [6, 6.07) is 0.179. The zero-order valence-corrected chi connectivity index (χ0v) is 9.06. The van der Waals surface area contributed by atoms with E-state index in [4.69, 9.17) is 5.73 Å². The second-order valence-electron chi connectivity index (χ2n) is 4.46. The monoisotopic (exact) mass is 224 g/mol. The third kappa shape index (κ3) is 5.99. The molecule has 0 saturated heterocycles. The highest BCUT2D eigenvalue weighted by Gasteiger charge is 2.29. The topological polar surface area (TPSA) is 29.3 Å². The zero-order valence-electron chi connectivity index (χ0n) is 9.06. The Morgan fingerprint density at radius 2 is 1.93 bits per heavy atom. The molecule has 0 aromatic carbocycles. The fourth-order valence-corrected chi connectivity index (χ4v) is 1.56. The maximum absolute atomic E-state index is 11.9. The highest BCUT2D eigenvalue weighted by Crippen LogP contribution is 2.32. The first-order chi connectivity index (χ1) is 6.88. The number of alkyl halides is 3. The average molecular weight is 224 g/mol. The minimum Gasteiger partial charge on any atom is -0.327 e. The van der Waals surface area contributed by atoms with Crippen LogP contribution in [-0.4, -0.2) is 37.3 Å². The summed E-state index contributed by atoms with van der Waals surface area (Å²) >= 11 is 0. The number of hydrogen-bond donors (Lipinski definition) is 1. The van der Waals surface area contributed by atoms with Gasteiger partial charge in [-0.1, -0.05) is 0 Å². The predicted octanol–water partition coefficient (Wildman–Crippen LogP) is 2.00. The molecule has 1 fully saturated rings. The fraction of sp³-hybridized carbons (Fsp3) is 1.00. The van der Waals surface area contributed by atoms with Crippen molar-refractivity contribution >= 4 is 0 Å². The first-order valence-corrected chi connectivity index (χ1v) is 5.39. The molecule has 0 aromatic rings. The summed E-state index contributed by atoms with van der Waals surface area (Å²) in [7, 11) is 1.71. The molecule has 0 heterocycles. The van der Waals surface area contributed by atoms with Crippen molar-refractivity contribution in [3.8, 4) is 0 Å². The molecule has 1 rings (SSSR count). The van der Waals surface area contributed by atoms with Gasteiger partial charge in [-0.25, -0.2) is 0 Å². The van der Waals surface area contributed by atoms with Crippen molar-refractivity contribution in [1.82, 2.24) is 4.90 Å². The van der Waals surface area contributed by atoms with Gasteiger partial charge in [0.2, 0.25) is 0 Å². The molecule has 1 unspecified atom stereocenters. The van der Waals surface area contributed by atoms with Crippen molar-refractivity contribution in [2.75, 3.05) is 20.1 Å². The second kappa shape index (κ2) is 5.16. The third-order valence-corrected chi connectivity index (χ3v) is 2.85. The summed E-state index contributed by atoms with van der Waals surface area (Å²) in [4.78, 5) is 1.70. The van der Waals surface area contributed by atoms with Gasteiger partial charge in [0.05, 0.1) is 6.42 Å². The van der Waals surface area contributed by atoms with E-state index >= 15 is 0 Å². The first kappa shape index (κ1) is 12.8. The molecule has 0 amide bonds. The van der Waals surface area contributed by atoms with Gasteiger partial charge in [-0.15, -0.1) is 0 Å². The number of rotatable bonds is 6. The van der Waals surface area contributed by atoms with E-state index in [1.54, 1.807) is 11.9 Å². The van der Waals surface area contributed by atoms with E-state index in [2.05, 4.69) is 0 Å². The minimum absolute atomic E-state index is 0.0703. The van der Waals surface area contributed by atoms with Crippen LogP contribution in [-0.2, 0) is 0 Å². The second-order valence-corrected chi connectivity index (χ2v) is 4.46. The molecule has 1 aliphatic carbocycles. The SMILES string of the molecule is CN(CCC(N)C1CC1)CCC(F)(F)F. The van der Waals surface area contributed by atoms with Crippen LogP contribution in [0.3, 0.4) is 0 Å². The lowest BCUT2D eigenvalue weighted by Crippen LogP contribution is -2.31. The van der Waals surface area contributed by atoms with Crippen LogP contribution in [0.1, 0.15) is 25.7 Å². The first-order valence-electron chi connectivity index (χ1n) is 5.39. The van der Waals surface area contributed by atoms with Gasteiger partial charge < -0.3 is 10.6 Å². The average Bonchev–Trinajstić information content (AvgIpc) is 2.92. The molecule has 5 heteroatoms. The Kier molecular flexibility index (Phi) is 4.40. The van der Waals surface area contributed by atoms with Gasteiger partial charge in [0.25, 0.3) is 0 Å². The number of nitrogens with zero attached hydrogens (tertiary/aromatic N) is 1. The summed E-state index contributed by atoms with van der Waals surface area (Å²) < 4.78 is 35.7. The van der Waals surface area contributed by atoms with Gasteiger partial charge >= 0.3 is 6.18 Å². The number of halogens is 3. The normalized spacial score (nSPS) is 19.6. The highest BCUT2D eigenvalue weighted by atomic mass is 19.4. The van der Waals surface area contributed by atoms with Crippen molar-refractivity contribution < 1.29 is 13.2 Å². The summed E-state index contributed by atoms with van der Waals surface area (Å²) in [6.07, 6.45) is -1.60. The largest absolute Gasteiger partial charge is 0.390 e. The lowest BCUT2D eigenvalue weighted by molar-refractivity contribution is -0.137. The van der Waals surface area contributed by atoms with E-state index in [1.807, 2.05) is 0 Å². The van der Waals surface area contributed by atoms with E-state index in [9.17, 15) is 13.2 Å². The van der Waals surface area contributed by atoms with Crippen LogP contribution < -0.4 is 5.73 Å². The Hall–Kier alpha value is -0.290. The molecule has 0 radical (unpaired) electrons. The smallest absolute Gasteiger partial charge is 0.327 e. The van der Waals surface area contributed by atoms with E-state index in [0.717, 1.165) is 6.42 Å². The van der Waals surface area contributed by atoms with E-state index in [-0.39, 0.29) is 12.6 Å². The minimum atomic E-state index is -4.05. The van der Waals surface area contributed by atoms with Crippen LogP contribution in [0.2, 0.25) is 0 Å². The number of nitrogens with two attached hydrogens (primary N) is 1. The lowest BCUT2D eigenvalue weighted by atomic mass is 10.1. The van der Waals surface area contributed by atoms with Crippen LogP contribution in [0.25, 0.3) is 0 Å². The standard InChI is InChI=1S/C10H19F3N2/c1-15(7-5-10(11,12)13)6-4-9(14)8-2-3-8/h8-9H,2-7,14H2,1H3. The van der Waals surface area contributed by atoms with Gasteiger partial charge in [-0.3, -0.25) is 0 Å². The summed E-state index contributed by atoms with van der Waals surface area (Å²) in [6.45, 7) is 0.731. The van der Waals surface area contributed by atoms with Crippen molar-refractivity contribution in [3.05, 3.63) is 0 Å². The Bertz CT molecular complexity index is 190. The molecule has 0 bridgehead atoms. The zero-order chi connectivity index (χ0) is 11.5. The lowest BCUT2D eigenvalue weighted by Gasteiger charge is -2.19. The molecule has 2 nitrogen and oxygen atoms in total. The molecule has 0 aromatic heterocycles. The van der Waals surface area contributed by atoms with Gasteiger partial charge in [0.15, 0.2) is 0 Å². The van der Waals surface area contributed by atoms with Crippen LogP contribution >= 0.6 is 0 Å². The van der Waals surface area contributed by atoms with Gasteiger partial charge in [-0.2, -0.15) is 13.2 Å². The van der Waals surface area contributed by atoms with Crippen LogP contribution in [0.4, 0.5) is 13.2 Å². The quantitative estimate of drug-likeness (QED) is 0.747. The Labute approximate surface area is 88.6 Å². The predicted molar refractivity (Wildman–Crippen MR) is 53.5 cm³/mol. The Morgan fingerprint density at radius 1 is 1.33 bits per heavy atom. The molecule has 15 heavy (non-hydrogen) atoms. The molecule has 1 atom stereocenters. The maximum atomic E-state index is 11.9. The van der Waals surface area contributed by atoms with Gasteiger partial charge in [0, 0.05) is 12.6 Å². The van der Waals surface area contributed by atoms with Crippen LogP contribution in [0, 0.1) is 5.92 Å². The van der Waals surface area contributed by atoms with Crippen molar-refractivity contribution in [1.29, 1.82) is 0 Å². The highest BCUT2D eigenvalue weighted by molar-refractivity contribution is 4.84. The van der Waals surface area contributed by atoms with E-state index in [1.165, 1.54) is 12.8 Å². The van der Waals surface area contributed by atoms with Crippen LogP contribution in [0.15, 0.2) is 0 Å². The summed E-state index contributed by atoms with van der Waals surface area (Å²) in [5.74, 6) is 0.626. The van der Waals surface area contributed by atoms with Gasteiger partial charge in [0.1, 0.15) is 0 Å². The van der Waals surface area contributed by atoms with Crippen molar-refractivity contribution in [2.45, 2.75) is 37.9 Å². The number of hydrogen-bond acceptors (Lipinski definition) is 2. The maximum Gasteiger partial charge on any atom is 0.390 e. The Morgan fingerprint density at radius 3 is 2.40 bits per heavy atom. The molecule has 2 N–H and O–H groups in total. The van der Waals surface area contributed by atoms with E-state index < -0.39 is 12.6 Å². The summed E-state index contributed by atoms with van der Waals surface area (Å²) in [5.41, 5.74) is 5.86. The van der Waals surface area contributed by atoms with Gasteiger partial charge in [-0.05, 0) is 38.8 Å². The Balaban J connectivity index is 2.04. The fourth-order valence-electron chi connectivity index (χ4n) is 1.56. The van der Waals surface area contributed by atoms with E-state index in [0.29, 0.717) is 12.5 Å². The van der Waals surface area contributed by atoms with Crippen molar-refractivity contribution in [3.63, 3.8) is 0 Å². The molecule has 90 valence electrons. The molecule has 1 aliphatic rings. The molecule has 0 aliphatic heterocycles. The molecule has 1 saturated carbocycles. The van der Waals surface area contributed by atoms with Crippen LogP contribution in [0.5, 0.6) is 0 Å². The summed E-state index contributed by atoms with van der Waals surface area (Å²) in [5, 5.41) is 0. The third-order valence-electron chi connectivity index (χ3n) is 2.85. The van der Waals surface area contributed by atoms with Crippen molar-refractivity contribution in [2.24, 2.45) is 11.7 Å². The molecular weight excluding hydrogens is 205 g/mol. The molecule has 0 spiro atoms.